The fraction of sp³-hybridized carbons (Fsp3) is 0.250. The number of hydrogen-bond acceptors (Lipinski definition) is 5. The number of amidine groups is 1. The lowest BCUT2D eigenvalue weighted by Crippen LogP contribution is -2.36. The van der Waals surface area contributed by atoms with Crippen molar-refractivity contribution in [2.24, 2.45) is 5.16 Å². The van der Waals surface area contributed by atoms with Crippen molar-refractivity contribution in [3.8, 4) is 0 Å². The molecular formula is C28H28Cl2N4O4. The second-order valence-electron chi connectivity index (χ2n) is 8.73. The van der Waals surface area contributed by atoms with E-state index in [1.807, 2.05) is 19.1 Å². The Morgan fingerprint density at radius 2 is 1.71 bits per heavy atom. The quantitative estimate of drug-likeness (QED) is 0.302. The van der Waals surface area contributed by atoms with Gasteiger partial charge in [-0.25, -0.2) is 4.79 Å². The number of amides is 2. The fourth-order valence-electron chi connectivity index (χ4n) is 4.25. The van der Waals surface area contributed by atoms with Gasteiger partial charge in [-0.1, -0.05) is 46.6 Å². The van der Waals surface area contributed by atoms with E-state index < -0.39 is 18.1 Å². The highest BCUT2D eigenvalue weighted by Gasteiger charge is 2.28. The third kappa shape index (κ3) is 6.76. The van der Waals surface area contributed by atoms with Gasteiger partial charge in [0.05, 0.1) is 0 Å². The summed E-state index contributed by atoms with van der Waals surface area (Å²) in [4.78, 5) is 33.2. The summed E-state index contributed by atoms with van der Waals surface area (Å²) < 4.78 is 5.56. The molecule has 0 unspecified atom stereocenters. The van der Waals surface area contributed by atoms with Gasteiger partial charge in [-0.15, -0.1) is 0 Å². The van der Waals surface area contributed by atoms with E-state index in [1.54, 1.807) is 61.7 Å². The molecule has 1 aliphatic rings. The number of nitrogens with one attached hydrogen (secondary N) is 2. The molecule has 0 bridgehead atoms. The van der Waals surface area contributed by atoms with Crippen molar-refractivity contribution in [3.05, 3.63) is 87.9 Å². The van der Waals surface area contributed by atoms with Crippen LogP contribution in [0.5, 0.6) is 0 Å². The van der Waals surface area contributed by atoms with E-state index in [1.165, 1.54) is 0 Å². The van der Waals surface area contributed by atoms with Crippen LogP contribution in [0.3, 0.4) is 0 Å². The molecule has 8 nitrogen and oxygen atoms in total. The van der Waals surface area contributed by atoms with Crippen molar-refractivity contribution in [3.63, 3.8) is 0 Å². The molecule has 1 saturated heterocycles. The molecule has 0 spiro atoms. The predicted octanol–water partition coefficient (Wildman–Crippen LogP) is 7.18. The molecule has 10 heteroatoms. The lowest BCUT2D eigenvalue weighted by atomic mass is 10.1. The van der Waals surface area contributed by atoms with Gasteiger partial charge in [0.2, 0.25) is 6.10 Å². The Hall–Kier alpha value is -3.75. The van der Waals surface area contributed by atoms with Gasteiger partial charge in [-0.05, 0) is 73.9 Å². The van der Waals surface area contributed by atoms with Crippen LogP contribution in [-0.4, -0.2) is 31.5 Å². The van der Waals surface area contributed by atoms with Gasteiger partial charge >= 0.3 is 6.09 Å². The van der Waals surface area contributed by atoms with Crippen LogP contribution in [0, 0.1) is 6.92 Å². The lowest BCUT2D eigenvalue weighted by molar-refractivity contribution is -0.124. The molecule has 0 aliphatic carbocycles. The summed E-state index contributed by atoms with van der Waals surface area (Å²) in [5, 5.41) is 10.5. The van der Waals surface area contributed by atoms with Crippen molar-refractivity contribution in [1.82, 2.24) is 0 Å². The van der Waals surface area contributed by atoms with Gasteiger partial charge < -0.3 is 19.8 Å². The fourth-order valence-corrected chi connectivity index (χ4v) is 4.62. The summed E-state index contributed by atoms with van der Waals surface area (Å²) in [5.41, 5.74) is 3.32. The maximum atomic E-state index is 13.4. The molecule has 4 rings (SSSR count). The summed E-state index contributed by atoms with van der Waals surface area (Å²) in [5.74, 6) is 0.327. The number of benzene rings is 3. The van der Waals surface area contributed by atoms with Gasteiger partial charge in [0.15, 0.2) is 0 Å². The molecule has 2 N–H and O–H groups in total. The zero-order valence-corrected chi connectivity index (χ0v) is 22.6. The number of carbonyl (C=O) groups is 2. The van der Waals surface area contributed by atoms with Crippen LogP contribution >= 0.6 is 23.2 Å². The Morgan fingerprint density at radius 1 is 0.974 bits per heavy atom. The highest BCUT2D eigenvalue weighted by molar-refractivity contribution is 6.31. The van der Waals surface area contributed by atoms with Crippen molar-refractivity contribution in [2.45, 2.75) is 32.3 Å². The Labute approximate surface area is 231 Å². The largest absolute Gasteiger partial charge is 0.431 e. The molecular weight excluding hydrogens is 527 g/mol. The second kappa shape index (κ2) is 12.7. The van der Waals surface area contributed by atoms with Crippen molar-refractivity contribution < 1.29 is 19.2 Å². The number of aryl methyl sites for hydroxylation is 1. The van der Waals surface area contributed by atoms with Gasteiger partial charge in [0.1, 0.15) is 12.9 Å². The maximum Gasteiger partial charge on any atom is 0.412 e. The van der Waals surface area contributed by atoms with E-state index in [0.717, 1.165) is 42.9 Å². The van der Waals surface area contributed by atoms with Gasteiger partial charge in [0, 0.05) is 45.6 Å². The molecule has 1 atom stereocenters. The van der Waals surface area contributed by atoms with E-state index in [2.05, 4.69) is 20.7 Å². The Bertz CT molecular complexity index is 1330. The number of piperidine rings is 1. The Morgan fingerprint density at radius 3 is 2.42 bits per heavy atom. The molecule has 1 heterocycles. The number of carbonyl (C=O) groups excluding carboxylic acids is 2. The molecule has 3 aromatic carbocycles. The van der Waals surface area contributed by atoms with Crippen LogP contribution < -0.4 is 15.5 Å². The molecule has 3 aromatic rings. The minimum Gasteiger partial charge on any atom is -0.431 e. The first-order valence-electron chi connectivity index (χ1n) is 12.1. The van der Waals surface area contributed by atoms with Crippen LogP contribution in [0.1, 0.15) is 36.5 Å². The number of ether oxygens (including phenoxy) is 1. The number of halogens is 2. The predicted molar refractivity (Wildman–Crippen MR) is 151 cm³/mol. The first kappa shape index (κ1) is 27.3. The summed E-state index contributed by atoms with van der Waals surface area (Å²) in [6.07, 6.45) is 0.838. The molecule has 2 amide bonds. The molecule has 198 valence electrons. The van der Waals surface area contributed by atoms with E-state index >= 15 is 0 Å². The van der Waals surface area contributed by atoms with E-state index in [-0.39, 0.29) is 0 Å². The number of nitrogens with zero attached hydrogens (tertiary/aromatic N) is 2. The summed E-state index contributed by atoms with van der Waals surface area (Å²) in [7, 11) is 1.54. The highest BCUT2D eigenvalue weighted by Crippen LogP contribution is 2.30. The van der Waals surface area contributed by atoms with E-state index in [4.69, 9.17) is 32.8 Å². The van der Waals surface area contributed by atoms with Crippen LogP contribution in [0.25, 0.3) is 0 Å². The zero-order valence-electron chi connectivity index (χ0n) is 21.0. The minimum absolute atomic E-state index is 0.300. The number of rotatable bonds is 7. The lowest BCUT2D eigenvalue weighted by Gasteiger charge is -2.31. The summed E-state index contributed by atoms with van der Waals surface area (Å²) in [6.45, 7) is 2.80. The average Bonchev–Trinajstić information content (AvgIpc) is 2.90. The number of hydrogen-bond donors (Lipinski definition) is 2. The smallest absolute Gasteiger partial charge is 0.412 e. The SMILES string of the molecule is CO/N=C1/CCCCN1c1ccc(NC(=O)[C@H](OC(=O)Nc2ccc(Cl)cc2)c2ccccc2Cl)cc1C. The molecule has 1 fully saturated rings. The molecule has 38 heavy (non-hydrogen) atoms. The van der Waals surface area contributed by atoms with Crippen LogP contribution in [0.4, 0.5) is 21.9 Å². The van der Waals surface area contributed by atoms with Gasteiger partial charge in [0.25, 0.3) is 5.91 Å². The normalized spacial score (nSPS) is 15.1. The molecule has 0 aromatic heterocycles. The summed E-state index contributed by atoms with van der Waals surface area (Å²) in [6, 6.07) is 18.9. The topological polar surface area (TPSA) is 92.3 Å². The maximum absolute atomic E-state index is 13.4. The van der Waals surface area contributed by atoms with Crippen LogP contribution in [0.2, 0.25) is 10.0 Å². The van der Waals surface area contributed by atoms with Crippen molar-refractivity contribution in [1.29, 1.82) is 0 Å². The molecule has 0 radical (unpaired) electrons. The summed E-state index contributed by atoms with van der Waals surface area (Å²) >= 11 is 12.3. The Balaban J connectivity index is 1.53. The second-order valence-corrected chi connectivity index (χ2v) is 9.57. The first-order valence-corrected chi connectivity index (χ1v) is 12.9. The third-order valence-corrected chi connectivity index (χ3v) is 6.63. The standard InChI is InChI=1S/C28H28Cl2N4O4/c1-18-17-21(14-15-24(18)34-16-6-5-9-25(34)33-37-2)31-27(35)26(22-7-3-4-8-23(22)30)38-28(36)32-20-12-10-19(29)11-13-20/h3-4,7-8,10-15,17,26H,5-6,9,16H2,1-2H3,(H,31,35)(H,32,36)/b33-25-/t26-/m1/s1. The van der Waals surface area contributed by atoms with Gasteiger partial charge in [-0.2, -0.15) is 0 Å². The van der Waals surface area contributed by atoms with Crippen LogP contribution in [-0.2, 0) is 14.4 Å². The van der Waals surface area contributed by atoms with Crippen molar-refractivity contribution >= 4 is 58.1 Å². The average molecular weight is 555 g/mol. The van der Waals surface area contributed by atoms with Crippen LogP contribution in [0.15, 0.2) is 71.9 Å². The van der Waals surface area contributed by atoms with Crippen molar-refractivity contribution in [2.75, 3.05) is 29.2 Å². The first-order chi connectivity index (χ1) is 18.4. The number of oxime groups is 1. The van der Waals surface area contributed by atoms with Gasteiger partial charge in [-0.3, -0.25) is 10.1 Å². The molecule has 0 saturated carbocycles. The minimum atomic E-state index is -1.29. The molecule has 1 aliphatic heterocycles. The number of anilines is 3. The third-order valence-electron chi connectivity index (χ3n) is 6.04. The monoisotopic (exact) mass is 554 g/mol. The Kier molecular flexibility index (Phi) is 9.10. The highest BCUT2D eigenvalue weighted by atomic mass is 35.5. The van der Waals surface area contributed by atoms with E-state index in [0.29, 0.717) is 27.0 Å². The van der Waals surface area contributed by atoms with E-state index in [9.17, 15) is 9.59 Å². The zero-order chi connectivity index (χ0) is 27.1.